The average Bonchev–Trinajstić information content (AvgIpc) is 3.04. The van der Waals surface area contributed by atoms with Crippen LogP contribution in [0.1, 0.15) is 38.8 Å². The smallest absolute Gasteiger partial charge is 0.204 e. The molecule has 2 aliphatic heterocycles. The fourth-order valence-electron chi connectivity index (χ4n) is 5.71. The summed E-state index contributed by atoms with van der Waals surface area (Å²) < 4.78 is 0. The quantitative estimate of drug-likeness (QED) is 0.583. The van der Waals surface area contributed by atoms with E-state index in [1.54, 1.807) is 0 Å². The zero-order chi connectivity index (χ0) is 21.6. The molecule has 0 amide bonds. The Hall–Kier alpha value is -3.14. The molecule has 152 valence electrons. The van der Waals surface area contributed by atoms with Crippen molar-refractivity contribution in [2.45, 2.75) is 38.5 Å². The molecule has 0 spiro atoms. The van der Waals surface area contributed by atoms with E-state index in [-0.39, 0.29) is 10.9 Å². The molecule has 30 heavy (non-hydrogen) atoms. The van der Waals surface area contributed by atoms with Crippen LogP contribution in [-0.2, 0) is 10.8 Å². The van der Waals surface area contributed by atoms with Crippen molar-refractivity contribution in [2.24, 2.45) is 0 Å². The Morgan fingerprint density at radius 2 is 0.933 bits per heavy atom. The van der Waals surface area contributed by atoms with Crippen molar-refractivity contribution in [1.82, 2.24) is 0 Å². The Morgan fingerprint density at radius 3 is 1.27 bits per heavy atom. The molecule has 2 aliphatic rings. The lowest BCUT2D eigenvalue weighted by Gasteiger charge is -2.26. The third-order valence-corrected chi connectivity index (χ3v) is 7.11. The lowest BCUT2D eigenvalue weighted by atomic mass is 9.80. The predicted octanol–water partition coefficient (Wildman–Crippen LogP) is 2.35. The van der Waals surface area contributed by atoms with Gasteiger partial charge in [0.05, 0.1) is 10.4 Å². The lowest BCUT2D eigenvalue weighted by Crippen LogP contribution is -2.69. The third-order valence-electron chi connectivity index (χ3n) is 7.11. The minimum atomic E-state index is -0.401. The topological polar surface area (TPSA) is 40.6 Å². The number of rotatable bonds is 0. The number of para-hydroxylation sites is 2. The van der Waals surface area contributed by atoms with Crippen molar-refractivity contribution in [1.29, 1.82) is 0 Å². The van der Waals surface area contributed by atoms with E-state index in [1.807, 2.05) is 60.3 Å². The van der Waals surface area contributed by atoms with E-state index in [4.69, 9.17) is 0 Å². The van der Waals surface area contributed by atoms with Crippen LogP contribution in [0, 0.1) is 0 Å². The number of fused-ring (bicyclic) bond motifs is 2. The molecule has 0 saturated carbocycles. The van der Waals surface area contributed by atoms with E-state index in [1.165, 1.54) is 0 Å². The zero-order valence-electron chi connectivity index (χ0n) is 18.3. The highest BCUT2D eigenvalue weighted by Crippen LogP contribution is 2.48. The van der Waals surface area contributed by atoms with Gasteiger partial charge in [0, 0.05) is 47.7 Å². The molecule has 3 aromatic rings. The Labute approximate surface area is 176 Å². The summed E-state index contributed by atoms with van der Waals surface area (Å²) >= 11 is 0. The molecule has 4 heteroatoms. The van der Waals surface area contributed by atoms with Crippen molar-refractivity contribution in [2.75, 3.05) is 23.9 Å². The second-order valence-corrected chi connectivity index (χ2v) is 9.51. The Kier molecular flexibility index (Phi) is 3.60. The van der Waals surface area contributed by atoms with Gasteiger partial charge in [-0.2, -0.15) is 0 Å². The summed E-state index contributed by atoms with van der Waals surface area (Å²) in [6, 6.07) is 16.2. The van der Waals surface area contributed by atoms with Crippen LogP contribution in [0.25, 0.3) is 11.4 Å². The number of likely N-dealkylation sites (N-methyl/N-ethyl adjacent to an activating group) is 2. The fraction of sp³-hybridized carbons (Fsp3) is 0.308. The van der Waals surface area contributed by atoms with Gasteiger partial charge in [-0.1, -0.05) is 64.1 Å². The molecule has 2 heterocycles. The molecular formula is C26H26N2O2. The van der Waals surface area contributed by atoms with Crippen LogP contribution in [0.3, 0.4) is 0 Å². The highest BCUT2D eigenvalue weighted by molar-refractivity contribution is 5.87. The van der Waals surface area contributed by atoms with E-state index in [9.17, 15) is 9.59 Å². The molecule has 0 fully saturated rings. The van der Waals surface area contributed by atoms with Gasteiger partial charge < -0.3 is 9.80 Å². The van der Waals surface area contributed by atoms with Crippen molar-refractivity contribution in [3.63, 3.8) is 0 Å². The first-order chi connectivity index (χ1) is 14.1. The summed E-state index contributed by atoms with van der Waals surface area (Å²) in [6.45, 7) is 8.35. The van der Waals surface area contributed by atoms with E-state index in [0.29, 0.717) is 10.4 Å². The molecule has 3 aromatic carbocycles. The first-order valence-corrected chi connectivity index (χ1v) is 10.4. The molecule has 0 saturated heterocycles. The van der Waals surface area contributed by atoms with Crippen molar-refractivity contribution >= 4 is 22.8 Å². The van der Waals surface area contributed by atoms with Crippen LogP contribution in [0.15, 0.2) is 58.1 Å². The highest BCUT2D eigenvalue weighted by Gasteiger charge is 2.43. The minimum Gasteiger partial charge on any atom is -0.346 e. The molecule has 0 bridgehead atoms. The standard InChI is InChI=1S/C26H26N2O2/c1-25(2)15-11-7-9-13-17(15)27(5)23(25)19-21(29)20(22(19)30)24-26(3,4)16-12-8-10-14-18(16)28(24)6/h7-14H,1-6H3. The average molecular weight is 399 g/mol. The van der Waals surface area contributed by atoms with Crippen LogP contribution in [0.4, 0.5) is 11.4 Å². The van der Waals surface area contributed by atoms with Crippen molar-refractivity contribution < 1.29 is 0 Å². The van der Waals surface area contributed by atoms with Gasteiger partial charge in [0.15, 0.2) is 0 Å². The Balaban J connectivity index is 1.84. The molecule has 5 rings (SSSR count). The maximum absolute atomic E-state index is 13.5. The van der Waals surface area contributed by atoms with Gasteiger partial charge in [-0.25, -0.2) is 0 Å². The van der Waals surface area contributed by atoms with Crippen molar-refractivity contribution in [3.05, 3.63) is 90.5 Å². The van der Waals surface area contributed by atoms with Gasteiger partial charge in [0.2, 0.25) is 10.9 Å². The second-order valence-electron chi connectivity index (χ2n) is 9.51. The molecule has 0 radical (unpaired) electrons. The summed E-state index contributed by atoms with van der Waals surface area (Å²) in [6.07, 6.45) is 0. The Morgan fingerprint density at radius 1 is 0.600 bits per heavy atom. The number of nitrogens with zero attached hydrogens (tertiary/aromatic N) is 2. The third kappa shape index (κ3) is 2.06. The lowest BCUT2D eigenvalue weighted by molar-refractivity contribution is 0.692. The Bertz CT molecular complexity index is 1280. The van der Waals surface area contributed by atoms with Crippen LogP contribution in [0.2, 0.25) is 0 Å². The molecule has 4 nitrogen and oxygen atoms in total. The van der Waals surface area contributed by atoms with E-state index in [0.717, 1.165) is 33.9 Å². The van der Waals surface area contributed by atoms with Crippen molar-refractivity contribution in [3.8, 4) is 0 Å². The van der Waals surface area contributed by atoms with Gasteiger partial charge in [0.1, 0.15) is 0 Å². The first kappa shape index (κ1) is 18.9. The van der Waals surface area contributed by atoms with Gasteiger partial charge >= 0.3 is 0 Å². The second kappa shape index (κ2) is 5.72. The first-order valence-electron chi connectivity index (χ1n) is 10.4. The van der Waals surface area contributed by atoms with Gasteiger partial charge in [-0.15, -0.1) is 0 Å². The van der Waals surface area contributed by atoms with Gasteiger partial charge in [-0.05, 0) is 23.3 Å². The number of anilines is 2. The maximum atomic E-state index is 13.5. The fourth-order valence-corrected chi connectivity index (χ4v) is 5.71. The molecule has 0 aliphatic carbocycles. The molecule has 0 unspecified atom stereocenters. The maximum Gasteiger partial charge on any atom is 0.204 e. The zero-order valence-corrected chi connectivity index (χ0v) is 18.3. The molecule has 0 atom stereocenters. The largest absolute Gasteiger partial charge is 0.346 e. The van der Waals surface area contributed by atoms with Gasteiger partial charge in [-0.3, -0.25) is 9.59 Å². The van der Waals surface area contributed by atoms with Crippen LogP contribution in [0.5, 0.6) is 0 Å². The van der Waals surface area contributed by atoms with Gasteiger partial charge in [0.25, 0.3) is 0 Å². The predicted molar refractivity (Wildman–Crippen MR) is 123 cm³/mol. The number of hydrogen-bond donors (Lipinski definition) is 0. The molecule has 0 aromatic heterocycles. The highest BCUT2D eigenvalue weighted by atomic mass is 16.1. The summed E-state index contributed by atoms with van der Waals surface area (Å²) in [7, 11) is 3.90. The summed E-state index contributed by atoms with van der Waals surface area (Å²) in [5.74, 6) is 0. The monoisotopic (exact) mass is 398 g/mol. The van der Waals surface area contributed by atoms with Crippen LogP contribution in [-0.4, -0.2) is 14.1 Å². The summed E-state index contributed by atoms with van der Waals surface area (Å²) in [4.78, 5) is 31.1. The van der Waals surface area contributed by atoms with E-state index in [2.05, 4.69) is 39.8 Å². The normalized spacial score (nSPS) is 18.9. The summed E-state index contributed by atoms with van der Waals surface area (Å²) in [5, 5.41) is 0.669. The van der Waals surface area contributed by atoms with Crippen LogP contribution < -0.4 is 31.1 Å². The molecular weight excluding hydrogens is 372 g/mol. The van der Waals surface area contributed by atoms with E-state index < -0.39 is 10.8 Å². The number of benzene rings is 2. The van der Waals surface area contributed by atoms with E-state index >= 15 is 0 Å². The minimum absolute atomic E-state index is 0.134. The molecule has 0 N–H and O–H groups in total. The van der Waals surface area contributed by atoms with Crippen LogP contribution >= 0.6 is 0 Å². The summed E-state index contributed by atoms with van der Waals surface area (Å²) in [5.41, 5.74) is 4.93. The SMILES string of the molecule is CN1C(=c2c(=O)c(=C3N(C)c4ccccc4C3(C)C)c2=O)C(C)(C)c2ccccc21. The number of hydrogen-bond acceptors (Lipinski definition) is 4.